The first kappa shape index (κ1) is 19.5. The van der Waals surface area contributed by atoms with Gasteiger partial charge in [-0.1, -0.05) is 38.7 Å². The molecule has 2 aliphatic carbocycles. The lowest BCUT2D eigenvalue weighted by Crippen LogP contribution is -2.30. The zero-order valence-corrected chi connectivity index (χ0v) is 16.9. The number of rotatable bonds is 5. The smallest absolute Gasteiger partial charge is 0.314 e. The SMILES string of the molecule is CCCC1CCC(C2CCC(C(=O)Oc3ccc(C)c(C)c3)CC2)CC1. The Balaban J connectivity index is 1.44. The Morgan fingerprint density at radius 3 is 2.12 bits per heavy atom. The maximum Gasteiger partial charge on any atom is 0.314 e. The van der Waals surface area contributed by atoms with Crippen LogP contribution in [-0.2, 0) is 4.79 Å². The molecule has 0 N–H and O–H groups in total. The quantitative estimate of drug-likeness (QED) is 0.437. The van der Waals surface area contributed by atoms with E-state index in [4.69, 9.17) is 4.74 Å². The Morgan fingerprint density at radius 2 is 1.54 bits per heavy atom. The summed E-state index contributed by atoms with van der Waals surface area (Å²) in [6, 6.07) is 5.93. The summed E-state index contributed by atoms with van der Waals surface area (Å²) < 4.78 is 5.67. The molecule has 0 atom stereocenters. The number of aryl methyl sites for hydroxylation is 2. The second kappa shape index (κ2) is 9.06. The molecule has 0 heterocycles. The minimum Gasteiger partial charge on any atom is -0.426 e. The molecule has 0 amide bonds. The van der Waals surface area contributed by atoms with Gasteiger partial charge in [0.2, 0.25) is 0 Å². The third-order valence-corrected chi connectivity index (χ3v) is 7.06. The second-order valence-corrected chi connectivity index (χ2v) is 8.85. The number of carbonyl (C=O) groups is 1. The molecule has 2 nitrogen and oxygen atoms in total. The van der Waals surface area contributed by atoms with Crippen LogP contribution in [0.1, 0.15) is 82.3 Å². The average molecular weight is 357 g/mol. The van der Waals surface area contributed by atoms with E-state index < -0.39 is 0 Å². The molecule has 144 valence electrons. The van der Waals surface area contributed by atoms with Crippen molar-refractivity contribution in [2.45, 2.75) is 85.0 Å². The number of benzene rings is 1. The molecule has 2 aliphatic rings. The fourth-order valence-electron chi connectivity index (χ4n) is 5.16. The number of hydrogen-bond donors (Lipinski definition) is 0. The van der Waals surface area contributed by atoms with Gasteiger partial charge in [0.05, 0.1) is 5.92 Å². The van der Waals surface area contributed by atoms with Gasteiger partial charge in [-0.15, -0.1) is 0 Å². The molecule has 1 aromatic carbocycles. The summed E-state index contributed by atoms with van der Waals surface area (Å²) in [4.78, 5) is 12.5. The van der Waals surface area contributed by atoms with Crippen molar-refractivity contribution < 1.29 is 9.53 Å². The predicted molar refractivity (Wildman–Crippen MR) is 107 cm³/mol. The normalized spacial score (nSPS) is 29.3. The third kappa shape index (κ3) is 4.90. The summed E-state index contributed by atoms with van der Waals surface area (Å²) in [5.74, 6) is 3.54. The molecule has 3 rings (SSSR count). The Bertz CT molecular complexity index is 590. The summed E-state index contributed by atoms with van der Waals surface area (Å²) >= 11 is 0. The van der Waals surface area contributed by atoms with Crippen LogP contribution in [0.25, 0.3) is 0 Å². The molecule has 2 fully saturated rings. The van der Waals surface area contributed by atoms with Crippen LogP contribution in [0.15, 0.2) is 18.2 Å². The van der Waals surface area contributed by atoms with Gasteiger partial charge < -0.3 is 4.74 Å². The van der Waals surface area contributed by atoms with Crippen LogP contribution in [0.5, 0.6) is 5.75 Å². The highest BCUT2D eigenvalue weighted by Crippen LogP contribution is 2.42. The molecule has 1 aromatic rings. The number of ether oxygens (including phenoxy) is 1. The number of hydrogen-bond acceptors (Lipinski definition) is 2. The van der Waals surface area contributed by atoms with E-state index in [0.717, 1.165) is 30.6 Å². The molecule has 0 unspecified atom stereocenters. The van der Waals surface area contributed by atoms with Crippen LogP contribution in [0.3, 0.4) is 0 Å². The molecule has 0 saturated heterocycles. The van der Waals surface area contributed by atoms with Crippen LogP contribution in [0.4, 0.5) is 0 Å². The van der Waals surface area contributed by atoms with Crippen molar-refractivity contribution in [3.8, 4) is 5.75 Å². The minimum absolute atomic E-state index is 0.0154. The maximum absolute atomic E-state index is 12.5. The van der Waals surface area contributed by atoms with Crippen molar-refractivity contribution in [2.24, 2.45) is 23.7 Å². The molecule has 0 aliphatic heterocycles. The molecule has 2 heteroatoms. The molecule has 0 radical (unpaired) electrons. The van der Waals surface area contributed by atoms with E-state index in [0.29, 0.717) is 5.75 Å². The predicted octanol–water partition coefficient (Wildman–Crippen LogP) is 6.62. The molecular weight excluding hydrogens is 320 g/mol. The van der Waals surface area contributed by atoms with Crippen molar-refractivity contribution >= 4 is 5.97 Å². The first-order valence-corrected chi connectivity index (χ1v) is 10.9. The number of esters is 1. The fourth-order valence-corrected chi connectivity index (χ4v) is 5.16. The van der Waals surface area contributed by atoms with Crippen LogP contribution in [0.2, 0.25) is 0 Å². The summed E-state index contributed by atoms with van der Waals surface area (Å²) in [5, 5.41) is 0. The second-order valence-electron chi connectivity index (χ2n) is 8.85. The van der Waals surface area contributed by atoms with Crippen LogP contribution < -0.4 is 4.74 Å². The van der Waals surface area contributed by atoms with Gasteiger partial charge in [0.25, 0.3) is 0 Å². The highest BCUT2D eigenvalue weighted by molar-refractivity contribution is 5.75. The van der Waals surface area contributed by atoms with Crippen LogP contribution in [-0.4, -0.2) is 5.97 Å². The fraction of sp³-hybridized carbons (Fsp3) is 0.708. The van der Waals surface area contributed by atoms with Gasteiger partial charge >= 0.3 is 5.97 Å². The van der Waals surface area contributed by atoms with Crippen molar-refractivity contribution in [1.29, 1.82) is 0 Å². The van der Waals surface area contributed by atoms with E-state index in [9.17, 15) is 4.79 Å². The van der Waals surface area contributed by atoms with Crippen molar-refractivity contribution in [3.63, 3.8) is 0 Å². The summed E-state index contributed by atoms with van der Waals surface area (Å²) in [5.41, 5.74) is 2.41. The Kier molecular flexibility index (Phi) is 6.78. The van der Waals surface area contributed by atoms with Crippen LogP contribution >= 0.6 is 0 Å². The average Bonchev–Trinajstić information content (AvgIpc) is 2.66. The minimum atomic E-state index is -0.0154. The topological polar surface area (TPSA) is 26.3 Å². The van der Waals surface area contributed by atoms with E-state index in [1.807, 2.05) is 18.2 Å². The van der Waals surface area contributed by atoms with Gasteiger partial charge in [-0.05, 0) is 93.4 Å². The highest BCUT2D eigenvalue weighted by Gasteiger charge is 2.33. The van der Waals surface area contributed by atoms with Gasteiger partial charge in [0.15, 0.2) is 0 Å². The molecule has 0 spiro atoms. The zero-order valence-electron chi connectivity index (χ0n) is 16.9. The van der Waals surface area contributed by atoms with E-state index in [1.54, 1.807) is 0 Å². The largest absolute Gasteiger partial charge is 0.426 e. The summed E-state index contributed by atoms with van der Waals surface area (Å²) in [6.07, 6.45) is 13.0. The van der Waals surface area contributed by atoms with Crippen molar-refractivity contribution in [2.75, 3.05) is 0 Å². The van der Waals surface area contributed by atoms with Gasteiger partial charge in [-0.3, -0.25) is 4.79 Å². The maximum atomic E-state index is 12.5. The van der Waals surface area contributed by atoms with E-state index in [1.165, 1.54) is 62.5 Å². The zero-order chi connectivity index (χ0) is 18.5. The summed E-state index contributed by atoms with van der Waals surface area (Å²) in [7, 11) is 0. The third-order valence-electron chi connectivity index (χ3n) is 7.06. The van der Waals surface area contributed by atoms with E-state index >= 15 is 0 Å². The summed E-state index contributed by atoms with van der Waals surface area (Å²) in [6.45, 7) is 6.45. The van der Waals surface area contributed by atoms with Crippen molar-refractivity contribution in [3.05, 3.63) is 29.3 Å². The Labute approximate surface area is 159 Å². The van der Waals surface area contributed by atoms with E-state index in [2.05, 4.69) is 20.8 Å². The van der Waals surface area contributed by atoms with Gasteiger partial charge in [0, 0.05) is 0 Å². The molecule has 26 heavy (non-hydrogen) atoms. The first-order chi connectivity index (χ1) is 12.6. The number of carbonyl (C=O) groups excluding carboxylic acids is 1. The lowest BCUT2D eigenvalue weighted by molar-refractivity contribution is -0.140. The lowest BCUT2D eigenvalue weighted by atomic mass is 9.69. The van der Waals surface area contributed by atoms with E-state index in [-0.39, 0.29) is 11.9 Å². The molecule has 2 saturated carbocycles. The van der Waals surface area contributed by atoms with Crippen LogP contribution in [0, 0.1) is 37.5 Å². The van der Waals surface area contributed by atoms with Gasteiger partial charge in [-0.25, -0.2) is 0 Å². The Morgan fingerprint density at radius 1 is 0.923 bits per heavy atom. The monoisotopic (exact) mass is 356 g/mol. The molecular formula is C24H36O2. The lowest BCUT2D eigenvalue weighted by Gasteiger charge is -2.37. The Hall–Kier alpha value is -1.31. The van der Waals surface area contributed by atoms with Crippen molar-refractivity contribution in [1.82, 2.24) is 0 Å². The molecule has 0 bridgehead atoms. The van der Waals surface area contributed by atoms with Gasteiger partial charge in [0.1, 0.15) is 5.75 Å². The standard InChI is InChI=1S/C24H36O2/c1-4-5-19-7-9-20(10-8-19)21-11-13-22(14-12-21)24(25)26-23-15-6-17(2)18(3)16-23/h6,15-16,19-22H,4-5,7-14H2,1-3H3. The first-order valence-electron chi connectivity index (χ1n) is 10.9. The highest BCUT2D eigenvalue weighted by atomic mass is 16.5. The van der Waals surface area contributed by atoms with Gasteiger partial charge in [-0.2, -0.15) is 0 Å². The molecule has 0 aromatic heterocycles.